The van der Waals surface area contributed by atoms with E-state index in [0.717, 1.165) is 19.3 Å². The molecular weight excluding hydrogens is 423 g/mol. The van der Waals surface area contributed by atoms with Crippen LogP contribution in [0, 0.1) is 17.5 Å². The average Bonchev–Trinajstić information content (AvgIpc) is 2.77. The summed E-state index contributed by atoms with van der Waals surface area (Å²) in [6.45, 7) is 3.85. The Morgan fingerprint density at radius 2 is 1.47 bits per heavy atom. The van der Waals surface area contributed by atoms with E-state index >= 15 is 0 Å². The fourth-order valence-electron chi connectivity index (χ4n) is 4.35. The van der Waals surface area contributed by atoms with Gasteiger partial charge in [-0.25, -0.2) is 22.0 Å². The second-order valence-corrected chi connectivity index (χ2v) is 8.19. The number of unbranched alkanes of at least 4 members (excludes halogenated alkanes) is 2. The first-order chi connectivity index (χ1) is 15.4. The molecule has 0 fully saturated rings. The molecule has 2 atom stereocenters. The Bertz CT molecular complexity index is 954. The molecule has 0 aromatic heterocycles. The molecule has 0 amide bonds. The molecule has 6 heteroatoms. The normalized spacial score (nSPS) is 18.4. The van der Waals surface area contributed by atoms with Gasteiger partial charge in [0, 0.05) is 11.8 Å². The van der Waals surface area contributed by atoms with Gasteiger partial charge >= 0.3 is 0 Å². The van der Waals surface area contributed by atoms with Crippen LogP contribution in [0.25, 0.3) is 0 Å². The second-order valence-electron chi connectivity index (χ2n) is 8.19. The van der Waals surface area contributed by atoms with E-state index in [1.807, 2.05) is 0 Å². The van der Waals surface area contributed by atoms with E-state index < -0.39 is 35.4 Å². The maximum absolute atomic E-state index is 14.9. The maximum atomic E-state index is 14.9. The lowest BCUT2D eigenvalue weighted by Gasteiger charge is -2.25. The largest absolute Gasteiger partial charge is 0.493 e. The van der Waals surface area contributed by atoms with Crippen molar-refractivity contribution in [2.45, 2.75) is 70.6 Å². The van der Waals surface area contributed by atoms with E-state index in [1.165, 1.54) is 12.1 Å². The van der Waals surface area contributed by atoms with Crippen LogP contribution >= 0.6 is 0 Å². The third-order valence-electron chi connectivity index (χ3n) is 6.09. The van der Waals surface area contributed by atoms with E-state index in [1.54, 1.807) is 31.2 Å². The smallest absolute Gasteiger partial charge is 0.270 e. The van der Waals surface area contributed by atoms with Gasteiger partial charge in [-0.15, -0.1) is 0 Å². The van der Waals surface area contributed by atoms with Gasteiger partial charge in [0.2, 0.25) is 0 Å². The number of rotatable bonds is 9. The molecule has 1 aliphatic rings. The number of ether oxygens (including phenoxy) is 1. The van der Waals surface area contributed by atoms with Crippen molar-refractivity contribution < 1.29 is 26.7 Å². The van der Waals surface area contributed by atoms with E-state index in [9.17, 15) is 22.0 Å². The number of allylic oxidation sites excluding steroid dienone is 2. The van der Waals surface area contributed by atoms with Crippen LogP contribution in [0.15, 0.2) is 36.4 Å². The zero-order chi connectivity index (χ0) is 23.3. The maximum Gasteiger partial charge on any atom is 0.270 e. The monoisotopic (exact) mass is 452 g/mol. The van der Waals surface area contributed by atoms with Gasteiger partial charge < -0.3 is 4.74 Å². The van der Waals surface area contributed by atoms with Crippen LogP contribution in [0.5, 0.6) is 5.75 Å². The summed E-state index contributed by atoms with van der Waals surface area (Å²) >= 11 is 0. The predicted octanol–water partition coefficient (Wildman–Crippen LogP) is 8.39. The van der Waals surface area contributed by atoms with Crippen molar-refractivity contribution in [3.8, 4) is 5.75 Å². The summed E-state index contributed by atoms with van der Waals surface area (Å²) in [5, 5.41) is 0. The van der Waals surface area contributed by atoms with Gasteiger partial charge in [-0.3, -0.25) is 0 Å². The topological polar surface area (TPSA) is 9.23 Å². The molecule has 0 heterocycles. The average molecular weight is 453 g/mol. The standard InChI is InChI=1S/C26H29F5O/c1-3-5-6-7-18-12-13-20(25(29)23(18)27)17-10-8-16(9-11-17)19-14-15-21(32-4-2)22(24(19)28)26(30)31/h8,10,12-17,26H,3-7,9,11H2,1-2H3. The molecule has 0 saturated carbocycles. The third kappa shape index (κ3) is 5.16. The Labute approximate surface area is 186 Å². The fourth-order valence-corrected chi connectivity index (χ4v) is 4.35. The molecule has 2 aromatic rings. The molecular formula is C26H29F5O. The molecule has 3 rings (SSSR count). The minimum absolute atomic E-state index is 0.155. The molecule has 2 aromatic carbocycles. The quantitative estimate of drug-likeness (QED) is 0.211. The summed E-state index contributed by atoms with van der Waals surface area (Å²) in [6, 6.07) is 6.11. The Balaban J connectivity index is 1.81. The molecule has 0 saturated heterocycles. The molecule has 1 aliphatic carbocycles. The van der Waals surface area contributed by atoms with Crippen molar-refractivity contribution in [1.82, 2.24) is 0 Å². The molecule has 1 nitrogen and oxygen atoms in total. The summed E-state index contributed by atoms with van der Waals surface area (Å²) in [4.78, 5) is 0. The Hall–Kier alpha value is -2.37. The van der Waals surface area contributed by atoms with E-state index in [4.69, 9.17) is 4.74 Å². The number of aryl methyl sites for hydroxylation is 1. The molecule has 0 bridgehead atoms. The third-order valence-corrected chi connectivity index (χ3v) is 6.09. The zero-order valence-electron chi connectivity index (χ0n) is 18.4. The van der Waals surface area contributed by atoms with Crippen LogP contribution < -0.4 is 4.74 Å². The van der Waals surface area contributed by atoms with Crippen LogP contribution in [-0.4, -0.2) is 6.61 Å². The van der Waals surface area contributed by atoms with Crippen LogP contribution in [0.1, 0.15) is 86.5 Å². The first-order valence-electron chi connectivity index (χ1n) is 11.3. The molecule has 174 valence electrons. The summed E-state index contributed by atoms with van der Waals surface area (Å²) in [5.41, 5.74) is 0.0910. The fraction of sp³-hybridized carbons (Fsp3) is 0.462. The highest BCUT2D eigenvalue weighted by Crippen LogP contribution is 2.41. The van der Waals surface area contributed by atoms with Gasteiger partial charge in [-0.2, -0.15) is 0 Å². The Kier molecular flexibility index (Phi) is 8.32. The van der Waals surface area contributed by atoms with Gasteiger partial charge in [0.05, 0.1) is 12.2 Å². The van der Waals surface area contributed by atoms with Crippen LogP contribution in [0.2, 0.25) is 0 Å². The number of hydrogen-bond acceptors (Lipinski definition) is 1. The highest BCUT2D eigenvalue weighted by atomic mass is 19.3. The summed E-state index contributed by atoms with van der Waals surface area (Å²) < 4.78 is 76.2. The van der Waals surface area contributed by atoms with Crippen molar-refractivity contribution in [3.05, 3.63) is 76.1 Å². The summed E-state index contributed by atoms with van der Waals surface area (Å²) in [6.07, 6.45) is 4.61. The van der Waals surface area contributed by atoms with Crippen LogP contribution in [0.3, 0.4) is 0 Å². The molecule has 0 spiro atoms. The van der Waals surface area contributed by atoms with Gasteiger partial charge in [0.25, 0.3) is 6.43 Å². The highest BCUT2D eigenvalue weighted by Gasteiger charge is 2.28. The van der Waals surface area contributed by atoms with Gasteiger partial charge in [-0.05, 0) is 55.4 Å². The zero-order valence-corrected chi connectivity index (χ0v) is 18.4. The molecule has 0 N–H and O–H groups in total. The van der Waals surface area contributed by atoms with Crippen LogP contribution in [-0.2, 0) is 6.42 Å². The molecule has 0 aliphatic heterocycles. The summed E-state index contributed by atoms with van der Waals surface area (Å²) in [7, 11) is 0. The van der Waals surface area contributed by atoms with Gasteiger partial charge in [0.15, 0.2) is 11.6 Å². The molecule has 0 radical (unpaired) electrons. The summed E-state index contributed by atoms with van der Waals surface area (Å²) in [5.74, 6) is -3.51. The number of hydrogen-bond donors (Lipinski definition) is 0. The van der Waals surface area contributed by atoms with Gasteiger partial charge in [0.1, 0.15) is 11.6 Å². The minimum Gasteiger partial charge on any atom is -0.493 e. The minimum atomic E-state index is -3.00. The lowest BCUT2D eigenvalue weighted by molar-refractivity contribution is 0.140. The van der Waals surface area contributed by atoms with E-state index in [2.05, 4.69) is 6.92 Å². The molecule has 2 unspecified atom stereocenters. The van der Waals surface area contributed by atoms with Crippen LogP contribution in [0.4, 0.5) is 22.0 Å². The van der Waals surface area contributed by atoms with Crippen molar-refractivity contribution >= 4 is 0 Å². The van der Waals surface area contributed by atoms with Crippen molar-refractivity contribution in [1.29, 1.82) is 0 Å². The lowest BCUT2D eigenvalue weighted by Crippen LogP contribution is -2.12. The van der Waals surface area contributed by atoms with Crippen molar-refractivity contribution in [2.75, 3.05) is 6.61 Å². The number of halogens is 5. The number of alkyl halides is 2. The van der Waals surface area contributed by atoms with Gasteiger partial charge in [-0.1, -0.05) is 50.1 Å². The molecule has 32 heavy (non-hydrogen) atoms. The first-order valence-corrected chi connectivity index (χ1v) is 11.3. The van der Waals surface area contributed by atoms with Crippen molar-refractivity contribution in [3.63, 3.8) is 0 Å². The Morgan fingerprint density at radius 1 is 0.844 bits per heavy atom. The van der Waals surface area contributed by atoms with E-state index in [0.29, 0.717) is 24.8 Å². The SMILES string of the molecule is CCCCCc1ccc(C2C=CC(c3ccc(OCC)c(C(F)F)c3F)CC2)c(F)c1F. The lowest BCUT2D eigenvalue weighted by atomic mass is 9.80. The second kappa shape index (κ2) is 11.0. The highest BCUT2D eigenvalue weighted by molar-refractivity contribution is 5.43. The Morgan fingerprint density at radius 3 is 2.03 bits per heavy atom. The van der Waals surface area contributed by atoms with E-state index in [-0.39, 0.29) is 29.4 Å². The predicted molar refractivity (Wildman–Crippen MR) is 116 cm³/mol. The van der Waals surface area contributed by atoms with Crippen molar-refractivity contribution in [2.24, 2.45) is 0 Å². The first kappa shape index (κ1) is 24.3. The number of benzene rings is 2.